The number of carbonyl (C=O) groups excluding carboxylic acids is 1. The molecule has 0 fully saturated rings. The molecule has 4 rings (SSSR count). The molecule has 134 valence electrons. The number of aromatic nitrogens is 2. The highest BCUT2D eigenvalue weighted by molar-refractivity contribution is 6.16. The lowest BCUT2D eigenvalue weighted by Crippen LogP contribution is -2.09. The van der Waals surface area contributed by atoms with Crippen molar-refractivity contribution in [3.05, 3.63) is 83.4 Å². The largest absolute Gasteiger partial charge is 0.396 e. The van der Waals surface area contributed by atoms with Crippen LogP contribution in [0.3, 0.4) is 0 Å². The van der Waals surface area contributed by atoms with Crippen molar-refractivity contribution in [3.63, 3.8) is 0 Å². The van der Waals surface area contributed by atoms with E-state index in [-0.39, 0.29) is 11.3 Å². The molecule has 0 aliphatic heterocycles. The van der Waals surface area contributed by atoms with Gasteiger partial charge in [-0.3, -0.25) is 4.79 Å². The van der Waals surface area contributed by atoms with Crippen LogP contribution in [-0.4, -0.2) is 15.8 Å². The molecule has 2 heterocycles. The maximum atomic E-state index is 14.2. The second-order valence-corrected chi connectivity index (χ2v) is 5.99. The summed E-state index contributed by atoms with van der Waals surface area (Å²) in [5.41, 5.74) is 5.93. The molecule has 0 radical (unpaired) electrons. The number of aromatic amines is 1. The maximum absolute atomic E-state index is 14.2. The van der Waals surface area contributed by atoms with Crippen molar-refractivity contribution >= 4 is 22.5 Å². The van der Waals surface area contributed by atoms with Gasteiger partial charge in [-0.25, -0.2) is 18.2 Å². The highest BCUT2D eigenvalue weighted by atomic mass is 19.1. The van der Waals surface area contributed by atoms with Gasteiger partial charge in [0.05, 0.1) is 11.3 Å². The summed E-state index contributed by atoms with van der Waals surface area (Å²) in [5.74, 6) is -3.39. The summed E-state index contributed by atoms with van der Waals surface area (Å²) >= 11 is 0. The first-order valence-electron chi connectivity index (χ1n) is 7.97. The Labute approximate surface area is 151 Å². The molecule has 0 atom stereocenters. The normalized spacial score (nSPS) is 11.1. The Morgan fingerprint density at radius 1 is 1.04 bits per heavy atom. The zero-order valence-corrected chi connectivity index (χ0v) is 13.8. The third-order valence-corrected chi connectivity index (χ3v) is 4.28. The number of rotatable bonds is 3. The van der Waals surface area contributed by atoms with Crippen molar-refractivity contribution in [1.29, 1.82) is 0 Å². The number of hydrogen-bond acceptors (Lipinski definition) is 3. The van der Waals surface area contributed by atoms with Crippen LogP contribution in [0, 0.1) is 17.5 Å². The van der Waals surface area contributed by atoms with Crippen LogP contribution < -0.4 is 5.73 Å². The van der Waals surface area contributed by atoms with Crippen LogP contribution in [0.25, 0.3) is 22.2 Å². The number of pyridine rings is 1. The second-order valence-electron chi connectivity index (χ2n) is 5.99. The van der Waals surface area contributed by atoms with E-state index in [0.29, 0.717) is 22.2 Å². The van der Waals surface area contributed by atoms with Crippen molar-refractivity contribution in [2.75, 3.05) is 5.73 Å². The average Bonchev–Trinajstić information content (AvgIpc) is 3.08. The van der Waals surface area contributed by atoms with Gasteiger partial charge >= 0.3 is 0 Å². The maximum Gasteiger partial charge on any atom is 0.201 e. The average molecular weight is 367 g/mol. The van der Waals surface area contributed by atoms with Gasteiger partial charge in [0.15, 0.2) is 5.82 Å². The first-order valence-corrected chi connectivity index (χ1v) is 7.97. The summed E-state index contributed by atoms with van der Waals surface area (Å²) < 4.78 is 41.8. The Morgan fingerprint density at radius 3 is 2.63 bits per heavy atom. The minimum absolute atomic E-state index is 0.0409. The first kappa shape index (κ1) is 16.8. The molecule has 2 aromatic heterocycles. The van der Waals surface area contributed by atoms with Crippen molar-refractivity contribution in [3.8, 4) is 11.1 Å². The molecule has 0 saturated heterocycles. The molecule has 0 amide bonds. The van der Waals surface area contributed by atoms with Gasteiger partial charge in [-0.1, -0.05) is 12.1 Å². The van der Waals surface area contributed by atoms with Gasteiger partial charge in [-0.05, 0) is 35.9 Å². The Morgan fingerprint density at radius 2 is 1.85 bits per heavy atom. The van der Waals surface area contributed by atoms with E-state index in [0.717, 1.165) is 12.1 Å². The van der Waals surface area contributed by atoms with Gasteiger partial charge in [-0.2, -0.15) is 0 Å². The van der Waals surface area contributed by atoms with E-state index in [1.54, 1.807) is 18.2 Å². The molecule has 0 unspecified atom stereocenters. The van der Waals surface area contributed by atoms with E-state index in [2.05, 4.69) is 9.97 Å². The first-order chi connectivity index (χ1) is 13.0. The number of carbonyl (C=O) groups is 1. The van der Waals surface area contributed by atoms with Gasteiger partial charge in [0, 0.05) is 28.9 Å². The molecule has 0 saturated carbocycles. The van der Waals surface area contributed by atoms with Crippen LogP contribution in [0.1, 0.15) is 15.9 Å². The lowest BCUT2D eigenvalue weighted by molar-refractivity contribution is 0.103. The zero-order valence-electron chi connectivity index (χ0n) is 13.8. The Hall–Kier alpha value is -3.61. The molecule has 4 nitrogen and oxygen atoms in total. The van der Waals surface area contributed by atoms with Gasteiger partial charge in [0.25, 0.3) is 0 Å². The van der Waals surface area contributed by atoms with E-state index in [4.69, 9.17) is 5.73 Å². The number of fused-ring (bicyclic) bond motifs is 1. The molecule has 4 aromatic rings. The zero-order chi connectivity index (χ0) is 19.1. The predicted octanol–water partition coefficient (Wildman–Crippen LogP) is 4.46. The topological polar surface area (TPSA) is 71.8 Å². The molecule has 2 aromatic carbocycles. The number of benzene rings is 2. The molecule has 0 aliphatic rings. The molecular weight excluding hydrogens is 355 g/mol. The summed E-state index contributed by atoms with van der Waals surface area (Å²) in [6.07, 6.45) is 2.85. The summed E-state index contributed by atoms with van der Waals surface area (Å²) in [7, 11) is 0. The van der Waals surface area contributed by atoms with Crippen LogP contribution in [0.5, 0.6) is 0 Å². The van der Waals surface area contributed by atoms with E-state index < -0.39 is 28.8 Å². The second kappa shape index (κ2) is 6.28. The standard InChI is InChI=1S/C20H12F3N3O/c21-12-3-1-2-10(6-12)11-7-13-14(9-26-20(13)25-8-11)19(27)17-15(22)4-5-16(24)18(17)23/h1-9H,24H2,(H,25,26). The van der Waals surface area contributed by atoms with E-state index in [1.807, 2.05) is 0 Å². The Bertz CT molecular complexity index is 1200. The highest BCUT2D eigenvalue weighted by Crippen LogP contribution is 2.28. The molecule has 3 N–H and O–H groups in total. The Balaban J connectivity index is 1.87. The number of nitrogens with two attached hydrogens (primary N) is 1. The van der Waals surface area contributed by atoms with Crippen molar-refractivity contribution in [1.82, 2.24) is 9.97 Å². The summed E-state index contributed by atoms with van der Waals surface area (Å²) in [6, 6.07) is 9.49. The summed E-state index contributed by atoms with van der Waals surface area (Å²) in [6.45, 7) is 0. The lowest BCUT2D eigenvalue weighted by Gasteiger charge is -2.06. The third kappa shape index (κ3) is 2.83. The van der Waals surface area contributed by atoms with Crippen LogP contribution in [0.2, 0.25) is 0 Å². The SMILES string of the molecule is Nc1ccc(F)c(C(=O)c2c[nH]c3ncc(-c4cccc(F)c4)cc23)c1F. The molecule has 0 spiro atoms. The number of H-pyrrole nitrogens is 1. The molecular formula is C20H12F3N3O. The van der Waals surface area contributed by atoms with Crippen LogP contribution >= 0.6 is 0 Å². The number of ketones is 1. The third-order valence-electron chi connectivity index (χ3n) is 4.28. The van der Waals surface area contributed by atoms with E-state index in [9.17, 15) is 18.0 Å². The van der Waals surface area contributed by atoms with Crippen LogP contribution in [0.15, 0.2) is 54.9 Å². The number of nitrogens with one attached hydrogen (secondary N) is 1. The minimum atomic E-state index is -1.11. The number of halogens is 3. The van der Waals surface area contributed by atoms with Crippen molar-refractivity contribution in [2.45, 2.75) is 0 Å². The fraction of sp³-hybridized carbons (Fsp3) is 0. The number of anilines is 1. The predicted molar refractivity (Wildman–Crippen MR) is 95.7 cm³/mol. The number of nitrogen functional groups attached to an aromatic ring is 1. The fourth-order valence-corrected chi connectivity index (χ4v) is 2.93. The quantitative estimate of drug-likeness (QED) is 0.415. The molecule has 7 heteroatoms. The lowest BCUT2D eigenvalue weighted by atomic mass is 10.00. The minimum Gasteiger partial charge on any atom is -0.396 e. The molecule has 27 heavy (non-hydrogen) atoms. The van der Waals surface area contributed by atoms with E-state index in [1.165, 1.54) is 24.5 Å². The van der Waals surface area contributed by atoms with Crippen molar-refractivity contribution in [2.24, 2.45) is 0 Å². The number of nitrogens with zero attached hydrogens (tertiary/aromatic N) is 1. The van der Waals surface area contributed by atoms with Gasteiger partial charge in [0.2, 0.25) is 5.78 Å². The number of hydrogen-bond donors (Lipinski definition) is 2. The van der Waals surface area contributed by atoms with Crippen LogP contribution in [-0.2, 0) is 0 Å². The molecule has 0 aliphatic carbocycles. The molecule has 0 bridgehead atoms. The van der Waals surface area contributed by atoms with Gasteiger partial charge in [0.1, 0.15) is 17.3 Å². The monoisotopic (exact) mass is 367 g/mol. The van der Waals surface area contributed by atoms with Gasteiger partial charge < -0.3 is 10.7 Å². The summed E-state index contributed by atoms with van der Waals surface area (Å²) in [5, 5.41) is 0.364. The van der Waals surface area contributed by atoms with Crippen LogP contribution in [0.4, 0.5) is 18.9 Å². The highest BCUT2D eigenvalue weighted by Gasteiger charge is 2.23. The smallest absolute Gasteiger partial charge is 0.201 e. The fourth-order valence-electron chi connectivity index (χ4n) is 2.93. The van der Waals surface area contributed by atoms with E-state index >= 15 is 0 Å². The summed E-state index contributed by atoms with van der Waals surface area (Å²) in [4.78, 5) is 19.8. The van der Waals surface area contributed by atoms with Crippen molar-refractivity contribution < 1.29 is 18.0 Å². The Kier molecular flexibility index (Phi) is 3.92. The van der Waals surface area contributed by atoms with Gasteiger partial charge in [-0.15, -0.1) is 0 Å².